The number of fused-ring (bicyclic) bond motifs is 1. The van der Waals surface area contributed by atoms with Gasteiger partial charge in [0.15, 0.2) is 0 Å². The summed E-state index contributed by atoms with van der Waals surface area (Å²) in [5, 5.41) is 8.64. The van der Waals surface area contributed by atoms with E-state index < -0.39 is 5.97 Å². The first-order valence-corrected chi connectivity index (χ1v) is 7.00. The Kier molecular flexibility index (Phi) is 3.99. The zero-order chi connectivity index (χ0) is 14.0. The average Bonchev–Trinajstić information content (AvgIpc) is 2.37. The maximum Gasteiger partial charge on any atom is 0.305 e. The fraction of sp³-hybridized carbons (Fsp3) is 0.385. The number of rotatable bonds is 4. The first kappa shape index (κ1) is 13.7. The van der Waals surface area contributed by atoms with Crippen molar-refractivity contribution in [3.8, 4) is 0 Å². The minimum Gasteiger partial charge on any atom is -0.481 e. The standard InChI is InChI=1S/C13H16N2O3S/c1-2-10-13(18)15(6-5-12(16)17)9-7-8(14)3-4-11(9)19-10/h3-4,7,10H,2,5-6,14H2,1H3,(H,16,17). The van der Waals surface area contributed by atoms with Gasteiger partial charge in [-0.1, -0.05) is 6.92 Å². The summed E-state index contributed by atoms with van der Waals surface area (Å²) in [7, 11) is 0. The zero-order valence-corrected chi connectivity index (χ0v) is 11.4. The third-order valence-corrected chi connectivity index (χ3v) is 4.42. The molecule has 1 aliphatic rings. The smallest absolute Gasteiger partial charge is 0.305 e. The number of carboxylic acid groups (broad SMARTS) is 1. The molecule has 0 saturated heterocycles. The average molecular weight is 280 g/mol. The number of amides is 1. The van der Waals surface area contributed by atoms with Gasteiger partial charge in [-0.25, -0.2) is 0 Å². The van der Waals surface area contributed by atoms with Crippen molar-refractivity contribution in [2.45, 2.75) is 29.9 Å². The van der Waals surface area contributed by atoms with Gasteiger partial charge in [0.25, 0.3) is 0 Å². The second kappa shape index (κ2) is 5.52. The van der Waals surface area contributed by atoms with Crippen LogP contribution in [0.25, 0.3) is 0 Å². The number of hydrogen-bond donors (Lipinski definition) is 2. The molecular formula is C13H16N2O3S. The van der Waals surface area contributed by atoms with Crippen LogP contribution in [0, 0.1) is 0 Å². The van der Waals surface area contributed by atoms with Gasteiger partial charge in [0.05, 0.1) is 17.4 Å². The summed E-state index contributed by atoms with van der Waals surface area (Å²) in [6.45, 7) is 2.13. The summed E-state index contributed by atoms with van der Waals surface area (Å²) in [6.07, 6.45) is 0.651. The number of benzene rings is 1. The summed E-state index contributed by atoms with van der Waals surface area (Å²) in [5.41, 5.74) is 7.04. The molecule has 2 rings (SSSR count). The van der Waals surface area contributed by atoms with Gasteiger partial charge >= 0.3 is 5.97 Å². The van der Waals surface area contributed by atoms with E-state index in [0.29, 0.717) is 5.69 Å². The molecule has 0 aromatic heterocycles. The predicted molar refractivity (Wildman–Crippen MR) is 75.4 cm³/mol. The van der Waals surface area contributed by atoms with Crippen molar-refractivity contribution in [2.24, 2.45) is 0 Å². The molecule has 0 saturated carbocycles. The molecule has 0 aliphatic carbocycles. The van der Waals surface area contributed by atoms with E-state index in [0.717, 1.165) is 17.0 Å². The third kappa shape index (κ3) is 2.84. The van der Waals surface area contributed by atoms with Crippen LogP contribution >= 0.6 is 11.8 Å². The lowest BCUT2D eigenvalue weighted by molar-refractivity contribution is -0.136. The Morgan fingerprint density at radius 3 is 2.89 bits per heavy atom. The van der Waals surface area contributed by atoms with Crippen molar-refractivity contribution >= 4 is 35.0 Å². The molecule has 0 bridgehead atoms. The maximum absolute atomic E-state index is 12.3. The minimum atomic E-state index is -0.912. The van der Waals surface area contributed by atoms with Crippen LogP contribution in [0.5, 0.6) is 0 Å². The topological polar surface area (TPSA) is 83.6 Å². The van der Waals surface area contributed by atoms with Crippen molar-refractivity contribution in [3.05, 3.63) is 18.2 Å². The number of carbonyl (C=O) groups is 2. The molecule has 0 radical (unpaired) electrons. The van der Waals surface area contributed by atoms with Crippen molar-refractivity contribution in [1.82, 2.24) is 0 Å². The van der Waals surface area contributed by atoms with Gasteiger partial charge in [-0.05, 0) is 24.6 Å². The fourth-order valence-electron chi connectivity index (χ4n) is 2.04. The summed E-state index contributed by atoms with van der Waals surface area (Å²) in [4.78, 5) is 25.5. The number of hydrogen-bond acceptors (Lipinski definition) is 4. The molecule has 1 heterocycles. The molecule has 0 spiro atoms. The molecule has 1 amide bonds. The molecule has 0 fully saturated rings. The van der Waals surface area contributed by atoms with Gasteiger partial charge in [0, 0.05) is 17.1 Å². The minimum absolute atomic E-state index is 0.0353. The maximum atomic E-state index is 12.3. The van der Waals surface area contributed by atoms with E-state index in [1.54, 1.807) is 17.0 Å². The number of carbonyl (C=O) groups excluding carboxylic acids is 1. The molecule has 1 aliphatic heterocycles. The predicted octanol–water partition coefficient (Wildman–Crippen LogP) is 1.96. The van der Waals surface area contributed by atoms with Crippen LogP contribution in [0.2, 0.25) is 0 Å². The van der Waals surface area contributed by atoms with Crippen LogP contribution < -0.4 is 10.6 Å². The van der Waals surface area contributed by atoms with Crippen LogP contribution in [0.4, 0.5) is 11.4 Å². The number of aliphatic carboxylic acids is 1. The van der Waals surface area contributed by atoms with E-state index in [-0.39, 0.29) is 24.1 Å². The number of nitrogen functional groups attached to an aromatic ring is 1. The monoisotopic (exact) mass is 280 g/mol. The van der Waals surface area contributed by atoms with Gasteiger partial charge in [-0.3, -0.25) is 9.59 Å². The van der Waals surface area contributed by atoms with Crippen LogP contribution in [-0.4, -0.2) is 28.8 Å². The summed E-state index contributed by atoms with van der Waals surface area (Å²) < 4.78 is 0. The van der Waals surface area contributed by atoms with Gasteiger partial charge in [0.1, 0.15) is 0 Å². The van der Waals surface area contributed by atoms with Gasteiger partial charge in [-0.2, -0.15) is 0 Å². The second-order valence-electron chi connectivity index (χ2n) is 4.38. The van der Waals surface area contributed by atoms with Crippen LogP contribution in [-0.2, 0) is 9.59 Å². The van der Waals surface area contributed by atoms with Crippen LogP contribution in [0.15, 0.2) is 23.1 Å². The first-order chi connectivity index (χ1) is 9.02. The Morgan fingerprint density at radius 1 is 1.53 bits per heavy atom. The summed E-state index contributed by atoms with van der Waals surface area (Å²) >= 11 is 1.52. The number of carboxylic acids is 1. The lowest BCUT2D eigenvalue weighted by atomic mass is 10.2. The Morgan fingerprint density at radius 2 is 2.26 bits per heavy atom. The second-order valence-corrected chi connectivity index (χ2v) is 5.62. The molecular weight excluding hydrogens is 264 g/mol. The number of nitrogens with zero attached hydrogens (tertiary/aromatic N) is 1. The SMILES string of the molecule is CCC1Sc2ccc(N)cc2N(CCC(=O)O)C1=O. The number of anilines is 2. The fourth-order valence-corrected chi connectivity index (χ4v) is 3.17. The molecule has 1 aromatic carbocycles. The Hall–Kier alpha value is -1.69. The lowest BCUT2D eigenvalue weighted by Crippen LogP contribution is -2.41. The van der Waals surface area contributed by atoms with Crippen molar-refractivity contribution in [2.75, 3.05) is 17.2 Å². The van der Waals surface area contributed by atoms with Crippen molar-refractivity contribution in [3.63, 3.8) is 0 Å². The van der Waals surface area contributed by atoms with E-state index in [9.17, 15) is 9.59 Å². The molecule has 6 heteroatoms. The first-order valence-electron chi connectivity index (χ1n) is 6.12. The zero-order valence-electron chi connectivity index (χ0n) is 10.6. The van der Waals surface area contributed by atoms with Gasteiger partial charge in [-0.15, -0.1) is 11.8 Å². The van der Waals surface area contributed by atoms with Gasteiger partial charge < -0.3 is 15.7 Å². The Bertz CT molecular complexity index is 519. The molecule has 102 valence electrons. The summed E-state index contributed by atoms with van der Waals surface area (Å²) in [6, 6.07) is 5.41. The highest BCUT2D eigenvalue weighted by Gasteiger charge is 2.32. The highest BCUT2D eigenvalue weighted by molar-refractivity contribution is 8.01. The van der Waals surface area contributed by atoms with E-state index >= 15 is 0 Å². The Labute approximate surface area is 115 Å². The van der Waals surface area contributed by atoms with E-state index in [4.69, 9.17) is 10.8 Å². The van der Waals surface area contributed by atoms with Crippen molar-refractivity contribution in [1.29, 1.82) is 0 Å². The number of thioether (sulfide) groups is 1. The van der Waals surface area contributed by atoms with Gasteiger partial charge in [0.2, 0.25) is 5.91 Å². The lowest BCUT2D eigenvalue weighted by Gasteiger charge is -2.33. The van der Waals surface area contributed by atoms with Crippen LogP contribution in [0.1, 0.15) is 19.8 Å². The molecule has 5 nitrogen and oxygen atoms in total. The third-order valence-electron chi connectivity index (χ3n) is 3.00. The highest BCUT2D eigenvalue weighted by Crippen LogP contribution is 2.41. The Balaban J connectivity index is 2.35. The van der Waals surface area contributed by atoms with E-state index in [1.807, 2.05) is 13.0 Å². The van der Waals surface area contributed by atoms with Crippen molar-refractivity contribution < 1.29 is 14.7 Å². The highest BCUT2D eigenvalue weighted by atomic mass is 32.2. The largest absolute Gasteiger partial charge is 0.481 e. The van der Waals surface area contributed by atoms with Crippen LogP contribution in [0.3, 0.4) is 0 Å². The molecule has 1 aromatic rings. The number of nitrogens with two attached hydrogens (primary N) is 1. The van der Waals surface area contributed by atoms with E-state index in [1.165, 1.54) is 11.8 Å². The van der Waals surface area contributed by atoms with E-state index in [2.05, 4.69) is 0 Å². The molecule has 19 heavy (non-hydrogen) atoms. The normalized spacial score (nSPS) is 18.3. The molecule has 1 unspecified atom stereocenters. The quantitative estimate of drug-likeness (QED) is 0.824. The molecule has 1 atom stereocenters. The summed E-state index contributed by atoms with van der Waals surface area (Å²) in [5.74, 6) is -0.948. The molecule has 3 N–H and O–H groups in total.